The van der Waals surface area contributed by atoms with Crippen LogP contribution in [0.5, 0.6) is 0 Å². The molecule has 1 N–H and O–H groups in total. The second kappa shape index (κ2) is 5.48. The van der Waals surface area contributed by atoms with Crippen molar-refractivity contribution in [1.29, 1.82) is 0 Å². The highest BCUT2D eigenvalue weighted by atomic mass is 79.9. The van der Waals surface area contributed by atoms with Crippen molar-refractivity contribution >= 4 is 21.7 Å². The number of aromatic nitrogens is 4. The molecular weight excluding hydrogens is 294 g/mol. The molecule has 0 aliphatic rings. The summed E-state index contributed by atoms with van der Waals surface area (Å²) in [6.45, 7) is 7.03. The molecule has 0 bridgehead atoms. The smallest absolute Gasteiger partial charge is 0.159 e. The number of anilines is 1. The molecule has 0 unspecified atom stereocenters. The summed E-state index contributed by atoms with van der Waals surface area (Å²) in [5.41, 5.74) is 0. The SMILES string of the molecule is CCNc1cc(-n2cc(Br)cn2)nc(C(C)C)n1. The Morgan fingerprint density at radius 1 is 1.39 bits per heavy atom. The van der Waals surface area contributed by atoms with Gasteiger partial charge in [0.25, 0.3) is 0 Å². The summed E-state index contributed by atoms with van der Waals surface area (Å²) < 4.78 is 2.66. The Morgan fingerprint density at radius 3 is 2.72 bits per heavy atom. The molecule has 6 heteroatoms. The summed E-state index contributed by atoms with van der Waals surface area (Å²) in [5, 5.41) is 7.46. The van der Waals surface area contributed by atoms with Crippen molar-refractivity contribution in [2.24, 2.45) is 0 Å². The second-order valence-corrected chi connectivity index (χ2v) is 5.17. The summed E-state index contributed by atoms with van der Waals surface area (Å²) in [6, 6.07) is 1.90. The Hall–Kier alpha value is -1.43. The summed E-state index contributed by atoms with van der Waals surface area (Å²) in [4.78, 5) is 9.01. The lowest BCUT2D eigenvalue weighted by Crippen LogP contribution is -2.09. The standard InChI is InChI=1S/C12H16BrN5/c1-4-14-10-5-11(17-12(16-10)8(2)3)18-7-9(13)6-15-18/h5-8H,4H2,1-3H3,(H,14,16,17). The summed E-state index contributed by atoms with van der Waals surface area (Å²) >= 11 is 3.38. The molecule has 0 radical (unpaired) electrons. The Bertz CT molecular complexity index is 535. The third kappa shape index (κ3) is 2.87. The van der Waals surface area contributed by atoms with Gasteiger partial charge in [-0.3, -0.25) is 0 Å². The fraction of sp³-hybridized carbons (Fsp3) is 0.417. The highest BCUT2D eigenvalue weighted by Gasteiger charge is 2.09. The van der Waals surface area contributed by atoms with Crippen molar-refractivity contribution in [2.45, 2.75) is 26.7 Å². The fourth-order valence-corrected chi connectivity index (χ4v) is 1.81. The maximum atomic E-state index is 4.53. The van der Waals surface area contributed by atoms with Gasteiger partial charge in [0.2, 0.25) is 0 Å². The van der Waals surface area contributed by atoms with E-state index >= 15 is 0 Å². The van der Waals surface area contributed by atoms with Gasteiger partial charge in [0, 0.05) is 24.7 Å². The van der Waals surface area contributed by atoms with E-state index in [0.717, 1.165) is 28.5 Å². The predicted octanol–water partition coefficient (Wildman–Crippen LogP) is 2.98. The first kappa shape index (κ1) is 13.0. The van der Waals surface area contributed by atoms with Gasteiger partial charge >= 0.3 is 0 Å². The van der Waals surface area contributed by atoms with Gasteiger partial charge in [0.15, 0.2) is 5.82 Å². The average molecular weight is 310 g/mol. The van der Waals surface area contributed by atoms with Crippen molar-refractivity contribution in [3.63, 3.8) is 0 Å². The average Bonchev–Trinajstić information content (AvgIpc) is 2.76. The first-order chi connectivity index (χ1) is 8.60. The quantitative estimate of drug-likeness (QED) is 0.943. The minimum Gasteiger partial charge on any atom is -0.370 e. The van der Waals surface area contributed by atoms with Crippen LogP contribution in [0.25, 0.3) is 5.82 Å². The Morgan fingerprint density at radius 2 is 2.17 bits per heavy atom. The van der Waals surface area contributed by atoms with Crippen LogP contribution < -0.4 is 5.32 Å². The topological polar surface area (TPSA) is 55.6 Å². The maximum Gasteiger partial charge on any atom is 0.159 e. The van der Waals surface area contributed by atoms with E-state index in [2.05, 4.69) is 50.2 Å². The van der Waals surface area contributed by atoms with Gasteiger partial charge in [-0.25, -0.2) is 14.6 Å². The van der Waals surface area contributed by atoms with Crippen LogP contribution in [0.15, 0.2) is 22.9 Å². The van der Waals surface area contributed by atoms with E-state index in [4.69, 9.17) is 0 Å². The molecule has 2 aromatic rings. The number of rotatable bonds is 4. The van der Waals surface area contributed by atoms with Crippen LogP contribution in [0.1, 0.15) is 32.5 Å². The van der Waals surface area contributed by atoms with Gasteiger partial charge in [-0.2, -0.15) is 5.10 Å². The highest BCUT2D eigenvalue weighted by molar-refractivity contribution is 9.10. The molecule has 0 aromatic carbocycles. The van der Waals surface area contributed by atoms with E-state index < -0.39 is 0 Å². The van der Waals surface area contributed by atoms with Crippen LogP contribution in [0, 0.1) is 0 Å². The summed E-state index contributed by atoms with van der Waals surface area (Å²) in [5.74, 6) is 2.70. The van der Waals surface area contributed by atoms with Crippen molar-refractivity contribution < 1.29 is 0 Å². The Balaban J connectivity index is 2.45. The molecule has 0 atom stereocenters. The predicted molar refractivity (Wildman–Crippen MR) is 75.1 cm³/mol. The van der Waals surface area contributed by atoms with E-state index in [1.807, 2.05) is 19.2 Å². The molecule has 0 aliphatic heterocycles. The molecule has 0 saturated carbocycles. The number of nitrogens with one attached hydrogen (secondary N) is 1. The van der Waals surface area contributed by atoms with Gasteiger partial charge in [-0.1, -0.05) is 13.8 Å². The van der Waals surface area contributed by atoms with E-state index in [9.17, 15) is 0 Å². The number of nitrogens with zero attached hydrogens (tertiary/aromatic N) is 4. The van der Waals surface area contributed by atoms with Gasteiger partial charge in [-0.15, -0.1) is 0 Å². The Kier molecular flexibility index (Phi) is 3.96. The first-order valence-electron chi connectivity index (χ1n) is 5.93. The molecule has 18 heavy (non-hydrogen) atoms. The molecule has 96 valence electrons. The lowest BCUT2D eigenvalue weighted by molar-refractivity contribution is 0.746. The van der Waals surface area contributed by atoms with Crippen LogP contribution in [0.3, 0.4) is 0 Å². The second-order valence-electron chi connectivity index (χ2n) is 4.26. The first-order valence-corrected chi connectivity index (χ1v) is 6.73. The van der Waals surface area contributed by atoms with Crippen molar-refractivity contribution in [3.8, 4) is 5.82 Å². The van der Waals surface area contributed by atoms with Crippen LogP contribution in [0.4, 0.5) is 5.82 Å². The lowest BCUT2D eigenvalue weighted by Gasteiger charge is -2.10. The fourth-order valence-electron chi connectivity index (χ4n) is 1.53. The molecule has 0 aliphatic carbocycles. The number of hydrogen-bond acceptors (Lipinski definition) is 4. The minimum absolute atomic E-state index is 0.279. The van der Waals surface area contributed by atoms with E-state index in [1.54, 1.807) is 10.9 Å². The highest BCUT2D eigenvalue weighted by Crippen LogP contribution is 2.17. The monoisotopic (exact) mass is 309 g/mol. The van der Waals surface area contributed by atoms with Crippen LogP contribution in [0.2, 0.25) is 0 Å². The zero-order valence-electron chi connectivity index (χ0n) is 10.7. The van der Waals surface area contributed by atoms with Crippen LogP contribution in [-0.2, 0) is 0 Å². The number of halogens is 1. The zero-order valence-corrected chi connectivity index (χ0v) is 12.3. The van der Waals surface area contributed by atoms with Crippen molar-refractivity contribution in [3.05, 3.63) is 28.8 Å². The van der Waals surface area contributed by atoms with E-state index in [1.165, 1.54) is 0 Å². The van der Waals surface area contributed by atoms with Gasteiger partial charge in [0.1, 0.15) is 11.6 Å². The molecule has 0 spiro atoms. The van der Waals surface area contributed by atoms with Crippen molar-refractivity contribution in [1.82, 2.24) is 19.7 Å². The molecule has 2 rings (SSSR count). The molecule has 2 heterocycles. The third-order valence-electron chi connectivity index (χ3n) is 2.39. The summed E-state index contributed by atoms with van der Waals surface area (Å²) in [7, 11) is 0. The molecule has 0 amide bonds. The van der Waals surface area contributed by atoms with Crippen LogP contribution in [-0.4, -0.2) is 26.3 Å². The molecular formula is C12H16BrN5. The molecule has 0 saturated heterocycles. The van der Waals surface area contributed by atoms with Gasteiger partial charge in [0.05, 0.1) is 10.7 Å². The Labute approximate surface area is 115 Å². The largest absolute Gasteiger partial charge is 0.370 e. The molecule has 0 fully saturated rings. The maximum absolute atomic E-state index is 4.53. The normalized spacial score (nSPS) is 10.9. The third-order valence-corrected chi connectivity index (χ3v) is 2.80. The van der Waals surface area contributed by atoms with Crippen molar-refractivity contribution in [2.75, 3.05) is 11.9 Å². The van der Waals surface area contributed by atoms with E-state index in [0.29, 0.717) is 0 Å². The summed E-state index contributed by atoms with van der Waals surface area (Å²) in [6.07, 6.45) is 3.62. The van der Waals surface area contributed by atoms with Gasteiger partial charge < -0.3 is 5.32 Å². The molecule has 5 nitrogen and oxygen atoms in total. The molecule has 2 aromatic heterocycles. The van der Waals surface area contributed by atoms with Gasteiger partial charge in [-0.05, 0) is 22.9 Å². The number of hydrogen-bond donors (Lipinski definition) is 1. The van der Waals surface area contributed by atoms with Crippen LogP contribution >= 0.6 is 15.9 Å². The minimum atomic E-state index is 0.279. The van der Waals surface area contributed by atoms with E-state index in [-0.39, 0.29) is 5.92 Å². The lowest BCUT2D eigenvalue weighted by atomic mass is 10.2. The zero-order chi connectivity index (χ0) is 13.1.